The Balaban J connectivity index is 2.18. The van der Waals surface area contributed by atoms with Gasteiger partial charge in [-0.1, -0.05) is 25.1 Å². The number of rotatable bonds is 4. The molecule has 2 nitrogen and oxygen atoms in total. The summed E-state index contributed by atoms with van der Waals surface area (Å²) in [6.07, 6.45) is 0.995. The first-order valence-electron chi connectivity index (χ1n) is 6.41. The lowest BCUT2D eigenvalue weighted by molar-refractivity contribution is 0.475. The van der Waals surface area contributed by atoms with Gasteiger partial charge in [-0.2, -0.15) is 0 Å². The third-order valence-electron chi connectivity index (χ3n) is 3.22. The van der Waals surface area contributed by atoms with E-state index < -0.39 is 0 Å². The lowest BCUT2D eigenvalue weighted by Gasteiger charge is -2.19. The van der Waals surface area contributed by atoms with Gasteiger partial charge in [0.2, 0.25) is 0 Å². The van der Waals surface area contributed by atoms with Crippen LogP contribution in [0.15, 0.2) is 42.5 Å². The molecule has 0 heterocycles. The van der Waals surface area contributed by atoms with Gasteiger partial charge in [-0.25, -0.2) is 0 Å². The molecule has 2 aromatic rings. The van der Waals surface area contributed by atoms with E-state index in [9.17, 15) is 5.11 Å². The lowest BCUT2D eigenvalue weighted by Crippen LogP contribution is -2.09. The number of benzene rings is 2. The van der Waals surface area contributed by atoms with Crippen LogP contribution in [-0.2, 0) is 0 Å². The molecule has 0 aliphatic rings. The second-order valence-corrected chi connectivity index (χ2v) is 5.82. The Labute approximate surface area is 128 Å². The van der Waals surface area contributed by atoms with Crippen LogP contribution >= 0.6 is 22.6 Å². The number of anilines is 1. The summed E-state index contributed by atoms with van der Waals surface area (Å²) >= 11 is 2.35. The molecule has 100 valence electrons. The number of phenols is 1. The van der Waals surface area contributed by atoms with Gasteiger partial charge in [-0.05, 0) is 71.3 Å². The number of hydrogen-bond acceptors (Lipinski definition) is 2. The molecule has 2 rings (SSSR count). The number of hydrogen-bond donors (Lipinski definition) is 2. The van der Waals surface area contributed by atoms with E-state index in [0.29, 0.717) is 5.75 Å². The smallest absolute Gasteiger partial charge is 0.115 e. The fourth-order valence-corrected chi connectivity index (χ4v) is 2.53. The average Bonchev–Trinajstić information content (AvgIpc) is 2.41. The quantitative estimate of drug-likeness (QED) is 0.756. The normalized spacial score (nSPS) is 12.2. The second kappa shape index (κ2) is 6.28. The van der Waals surface area contributed by atoms with E-state index in [1.165, 1.54) is 14.7 Å². The Morgan fingerprint density at radius 1 is 1.16 bits per heavy atom. The minimum Gasteiger partial charge on any atom is -0.508 e. The first-order valence-corrected chi connectivity index (χ1v) is 7.49. The van der Waals surface area contributed by atoms with Crippen LogP contribution in [0.4, 0.5) is 5.69 Å². The highest BCUT2D eigenvalue weighted by molar-refractivity contribution is 14.1. The summed E-state index contributed by atoms with van der Waals surface area (Å²) in [5, 5.41) is 12.9. The monoisotopic (exact) mass is 367 g/mol. The number of nitrogens with one attached hydrogen (secondary N) is 1. The number of aryl methyl sites for hydroxylation is 1. The summed E-state index contributed by atoms with van der Waals surface area (Å²) in [6, 6.07) is 14.1. The Hall–Kier alpha value is -1.23. The van der Waals surface area contributed by atoms with Crippen LogP contribution in [0.5, 0.6) is 5.75 Å². The van der Waals surface area contributed by atoms with E-state index in [-0.39, 0.29) is 6.04 Å². The van der Waals surface area contributed by atoms with Crippen LogP contribution in [0.25, 0.3) is 0 Å². The molecular weight excluding hydrogens is 349 g/mol. The van der Waals surface area contributed by atoms with Crippen molar-refractivity contribution < 1.29 is 5.11 Å². The van der Waals surface area contributed by atoms with Gasteiger partial charge in [0.05, 0.1) is 6.04 Å². The Morgan fingerprint density at radius 3 is 2.42 bits per heavy atom. The van der Waals surface area contributed by atoms with Crippen molar-refractivity contribution in [2.45, 2.75) is 26.3 Å². The zero-order valence-corrected chi connectivity index (χ0v) is 13.3. The van der Waals surface area contributed by atoms with E-state index in [0.717, 1.165) is 12.1 Å². The van der Waals surface area contributed by atoms with Gasteiger partial charge < -0.3 is 10.4 Å². The molecule has 1 atom stereocenters. The van der Waals surface area contributed by atoms with Crippen LogP contribution in [0.1, 0.15) is 30.5 Å². The first kappa shape index (κ1) is 14.2. The Bertz CT molecular complexity index is 551. The molecule has 2 N–H and O–H groups in total. The van der Waals surface area contributed by atoms with Crippen molar-refractivity contribution in [1.29, 1.82) is 0 Å². The zero-order chi connectivity index (χ0) is 13.8. The molecule has 0 amide bonds. The fraction of sp³-hybridized carbons (Fsp3) is 0.250. The molecule has 3 heteroatoms. The van der Waals surface area contributed by atoms with Gasteiger partial charge in [0.1, 0.15) is 5.75 Å². The summed E-state index contributed by atoms with van der Waals surface area (Å²) in [4.78, 5) is 0. The maximum Gasteiger partial charge on any atom is 0.115 e. The van der Waals surface area contributed by atoms with E-state index in [1.54, 1.807) is 12.1 Å². The van der Waals surface area contributed by atoms with Crippen LogP contribution in [-0.4, -0.2) is 5.11 Å². The van der Waals surface area contributed by atoms with Gasteiger partial charge >= 0.3 is 0 Å². The van der Waals surface area contributed by atoms with E-state index in [2.05, 4.69) is 60.0 Å². The molecule has 0 spiro atoms. The molecule has 0 saturated heterocycles. The molecule has 0 radical (unpaired) electrons. The maximum atomic E-state index is 9.35. The first-order chi connectivity index (χ1) is 9.10. The van der Waals surface area contributed by atoms with Crippen LogP contribution < -0.4 is 5.32 Å². The van der Waals surface area contributed by atoms with Gasteiger partial charge in [0.25, 0.3) is 0 Å². The molecule has 0 aliphatic carbocycles. The van der Waals surface area contributed by atoms with Crippen molar-refractivity contribution in [2.24, 2.45) is 0 Å². The summed E-state index contributed by atoms with van der Waals surface area (Å²) in [5.41, 5.74) is 3.62. The van der Waals surface area contributed by atoms with Crippen LogP contribution in [0.3, 0.4) is 0 Å². The Morgan fingerprint density at radius 2 is 1.84 bits per heavy atom. The van der Waals surface area contributed by atoms with Crippen molar-refractivity contribution in [3.8, 4) is 5.75 Å². The van der Waals surface area contributed by atoms with Crippen molar-refractivity contribution >= 4 is 28.3 Å². The molecule has 19 heavy (non-hydrogen) atoms. The summed E-state index contributed by atoms with van der Waals surface area (Å²) in [6.45, 7) is 4.27. The molecule has 0 aromatic heterocycles. The number of aromatic hydroxyl groups is 1. The molecule has 1 unspecified atom stereocenters. The summed E-state index contributed by atoms with van der Waals surface area (Å²) in [5.74, 6) is 0.309. The fourth-order valence-electron chi connectivity index (χ4n) is 2.01. The van der Waals surface area contributed by atoms with Crippen LogP contribution in [0.2, 0.25) is 0 Å². The SMILES string of the molecule is CCC(Nc1ccc(C)c(I)c1)c1ccc(O)cc1. The summed E-state index contributed by atoms with van der Waals surface area (Å²) in [7, 11) is 0. The van der Waals surface area contributed by atoms with Crippen molar-refractivity contribution in [3.63, 3.8) is 0 Å². The van der Waals surface area contributed by atoms with Crippen molar-refractivity contribution in [1.82, 2.24) is 0 Å². The minimum atomic E-state index is 0.263. The van der Waals surface area contributed by atoms with Crippen molar-refractivity contribution in [2.75, 3.05) is 5.32 Å². The lowest BCUT2D eigenvalue weighted by atomic mass is 10.0. The van der Waals surface area contributed by atoms with Gasteiger partial charge in [-0.15, -0.1) is 0 Å². The third kappa shape index (κ3) is 3.62. The van der Waals surface area contributed by atoms with Gasteiger partial charge in [0.15, 0.2) is 0 Å². The second-order valence-electron chi connectivity index (χ2n) is 4.66. The van der Waals surface area contributed by atoms with Crippen LogP contribution in [0, 0.1) is 10.5 Å². The molecule has 0 aliphatic heterocycles. The van der Waals surface area contributed by atoms with E-state index >= 15 is 0 Å². The number of phenolic OH excluding ortho intramolecular Hbond substituents is 1. The van der Waals surface area contributed by atoms with Crippen molar-refractivity contribution in [3.05, 3.63) is 57.2 Å². The molecule has 0 saturated carbocycles. The topological polar surface area (TPSA) is 32.3 Å². The maximum absolute atomic E-state index is 9.35. The summed E-state index contributed by atoms with van der Waals surface area (Å²) < 4.78 is 1.27. The number of halogens is 1. The third-order valence-corrected chi connectivity index (χ3v) is 4.38. The van der Waals surface area contributed by atoms with E-state index in [1.807, 2.05) is 12.1 Å². The predicted molar refractivity (Wildman–Crippen MR) is 88.7 cm³/mol. The average molecular weight is 367 g/mol. The molecular formula is C16H18INO. The van der Waals surface area contributed by atoms with Gasteiger partial charge in [0, 0.05) is 9.26 Å². The highest BCUT2D eigenvalue weighted by atomic mass is 127. The molecule has 0 bridgehead atoms. The highest BCUT2D eigenvalue weighted by Gasteiger charge is 2.09. The zero-order valence-electron chi connectivity index (χ0n) is 11.2. The Kier molecular flexibility index (Phi) is 4.69. The van der Waals surface area contributed by atoms with Gasteiger partial charge in [-0.3, -0.25) is 0 Å². The highest BCUT2D eigenvalue weighted by Crippen LogP contribution is 2.25. The molecule has 2 aromatic carbocycles. The standard InChI is InChI=1S/C16H18INO/c1-3-16(12-5-8-14(19)9-6-12)18-13-7-4-11(2)15(17)10-13/h4-10,16,18-19H,3H2,1-2H3. The predicted octanol–water partition coefficient (Wildman–Crippen LogP) is 4.87. The van der Waals surface area contributed by atoms with E-state index in [4.69, 9.17) is 0 Å². The minimum absolute atomic E-state index is 0.263. The largest absolute Gasteiger partial charge is 0.508 e. The molecule has 0 fully saturated rings.